The van der Waals surface area contributed by atoms with Crippen LogP contribution in [0.1, 0.15) is 29.2 Å². The molecule has 0 saturated heterocycles. The van der Waals surface area contributed by atoms with E-state index in [-0.39, 0.29) is 0 Å². The molecule has 0 amide bonds. The van der Waals surface area contributed by atoms with Crippen LogP contribution in [-0.4, -0.2) is 6.67 Å². The summed E-state index contributed by atoms with van der Waals surface area (Å²) in [5.74, 6) is 0. The molecule has 1 unspecified atom stereocenters. The third kappa shape index (κ3) is 1.59. The highest BCUT2D eigenvalue weighted by Gasteiger charge is 2.13. The molecule has 70 valence electrons. The van der Waals surface area contributed by atoms with Gasteiger partial charge in [-0.2, -0.15) is 0 Å². The lowest BCUT2D eigenvalue weighted by molar-refractivity contribution is 0.437. The number of hydrogen-bond donors (Lipinski definition) is 1. The van der Waals surface area contributed by atoms with Gasteiger partial charge in [-0.05, 0) is 36.0 Å². The molecule has 1 aromatic rings. The van der Waals surface area contributed by atoms with E-state index in [1.807, 2.05) is 6.07 Å². The Morgan fingerprint density at radius 2 is 2.08 bits per heavy atom. The van der Waals surface area contributed by atoms with Gasteiger partial charge in [0.1, 0.15) is 6.67 Å². The number of rotatable bonds is 2. The van der Waals surface area contributed by atoms with Crippen LogP contribution in [0.4, 0.5) is 4.39 Å². The molecule has 0 aromatic heterocycles. The number of nitrogens with two attached hydrogens (primary N) is 1. The van der Waals surface area contributed by atoms with Gasteiger partial charge in [-0.15, -0.1) is 0 Å². The van der Waals surface area contributed by atoms with Gasteiger partial charge in [0, 0.05) is 0 Å². The Labute approximate surface area is 77.8 Å². The fourth-order valence-electron chi connectivity index (χ4n) is 1.91. The van der Waals surface area contributed by atoms with Crippen LogP contribution in [0.5, 0.6) is 0 Å². The molecule has 2 rings (SSSR count). The van der Waals surface area contributed by atoms with Crippen molar-refractivity contribution in [2.24, 2.45) is 5.73 Å². The van der Waals surface area contributed by atoms with E-state index in [1.54, 1.807) is 0 Å². The van der Waals surface area contributed by atoms with Gasteiger partial charge in [-0.3, -0.25) is 0 Å². The molecular weight excluding hydrogens is 165 g/mol. The van der Waals surface area contributed by atoms with Crippen LogP contribution in [0.25, 0.3) is 0 Å². The number of fused-ring (bicyclic) bond motifs is 1. The van der Waals surface area contributed by atoms with E-state index in [1.165, 1.54) is 24.0 Å². The fourth-order valence-corrected chi connectivity index (χ4v) is 1.91. The van der Waals surface area contributed by atoms with Gasteiger partial charge < -0.3 is 5.73 Å². The van der Waals surface area contributed by atoms with Crippen molar-refractivity contribution in [3.8, 4) is 0 Å². The third-order valence-electron chi connectivity index (χ3n) is 2.72. The van der Waals surface area contributed by atoms with Crippen LogP contribution in [0.3, 0.4) is 0 Å². The van der Waals surface area contributed by atoms with Crippen LogP contribution in [0, 0.1) is 0 Å². The van der Waals surface area contributed by atoms with Crippen LogP contribution in [0.15, 0.2) is 18.2 Å². The second-order valence-electron chi connectivity index (χ2n) is 3.64. The van der Waals surface area contributed by atoms with Gasteiger partial charge >= 0.3 is 0 Å². The monoisotopic (exact) mass is 179 g/mol. The maximum atomic E-state index is 12.3. The lowest BCUT2D eigenvalue weighted by atomic mass is 10.0. The number of aryl methyl sites for hydroxylation is 2. The molecule has 13 heavy (non-hydrogen) atoms. The molecule has 1 atom stereocenters. The first-order valence-electron chi connectivity index (χ1n) is 4.74. The fraction of sp³-hybridized carbons (Fsp3) is 0.455. The Kier molecular flexibility index (Phi) is 2.32. The molecule has 2 N–H and O–H groups in total. The van der Waals surface area contributed by atoms with Gasteiger partial charge in [0.15, 0.2) is 0 Å². The smallest absolute Gasteiger partial charge is 0.109 e. The predicted molar refractivity (Wildman–Crippen MR) is 51.4 cm³/mol. The molecule has 0 saturated carbocycles. The van der Waals surface area contributed by atoms with E-state index >= 15 is 0 Å². The molecular formula is C11H14FN. The van der Waals surface area contributed by atoms with Crippen molar-refractivity contribution in [2.45, 2.75) is 25.3 Å². The number of hydrogen-bond acceptors (Lipinski definition) is 1. The van der Waals surface area contributed by atoms with Gasteiger partial charge in [-0.1, -0.05) is 18.2 Å². The third-order valence-corrected chi connectivity index (χ3v) is 2.72. The minimum absolute atomic E-state index is 0.439. The molecule has 0 heterocycles. The van der Waals surface area contributed by atoms with Crippen molar-refractivity contribution in [2.75, 3.05) is 6.67 Å². The van der Waals surface area contributed by atoms with Crippen molar-refractivity contribution >= 4 is 0 Å². The SMILES string of the molecule is NC(CF)c1ccc2c(c1)CCC2. The lowest BCUT2D eigenvalue weighted by Gasteiger charge is -2.09. The first-order chi connectivity index (χ1) is 6.31. The second kappa shape index (κ2) is 3.46. The summed E-state index contributed by atoms with van der Waals surface area (Å²) >= 11 is 0. The summed E-state index contributed by atoms with van der Waals surface area (Å²) < 4.78 is 12.3. The van der Waals surface area contributed by atoms with Crippen molar-refractivity contribution in [1.29, 1.82) is 0 Å². The zero-order chi connectivity index (χ0) is 9.26. The van der Waals surface area contributed by atoms with Crippen LogP contribution in [-0.2, 0) is 12.8 Å². The first kappa shape index (κ1) is 8.70. The minimum atomic E-state index is -0.473. The predicted octanol–water partition coefficient (Wildman–Crippen LogP) is 2.14. The van der Waals surface area contributed by atoms with Gasteiger partial charge in [0.05, 0.1) is 6.04 Å². The second-order valence-corrected chi connectivity index (χ2v) is 3.64. The number of benzene rings is 1. The van der Waals surface area contributed by atoms with E-state index < -0.39 is 12.7 Å². The maximum Gasteiger partial charge on any atom is 0.109 e. The van der Waals surface area contributed by atoms with Crippen LogP contribution in [0.2, 0.25) is 0 Å². The van der Waals surface area contributed by atoms with E-state index in [9.17, 15) is 4.39 Å². The Balaban J connectivity index is 2.30. The molecule has 2 heteroatoms. The topological polar surface area (TPSA) is 26.0 Å². The molecule has 1 aromatic carbocycles. The highest BCUT2D eigenvalue weighted by Crippen LogP contribution is 2.24. The standard InChI is InChI=1S/C11H14FN/c12-7-11(13)10-5-4-8-2-1-3-9(8)6-10/h4-6,11H,1-3,7,13H2. The molecule has 0 spiro atoms. The average molecular weight is 179 g/mol. The Bertz CT molecular complexity index is 309. The number of alkyl halides is 1. The van der Waals surface area contributed by atoms with Crippen molar-refractivity contribution in [1.82, 2.24) is 0 Å². The highest BCUT2D eigenvalue weighted by molar-refractivity contribution is 5.36. The molecule has 0 bridgehead atoms. The van der Waals surface area contributed by atoms with Gasteiger partial charge in [0.25, 0.3) is 0 Å². The molecule has 0 aliphatic heterocycles. The maximum absolute atomic E-state index is 12.3. The molecule has 1 nitrogen and oxygen atoms in total. The summed E-state index contributed by atoms with van der Waals surface area (Å²) in [5, 5.41) is 0. The van der Waals surface area contributed by atoms with Crippen molar-refractivity contribution < 1.29 is 4.39 Å². The summed E-state index contributed by atoms with van der Waals surface area (Å²) in [6.07, 6.45) is 3.52. The zero-order valence-electron chi connectivity index (χ0n) is 7.59. The molecule has 0 radical (unpaired) electrons. The lowest BCUT2D eigenvalue weighted by Crippen LogP contribution is -2.12. The molecule has 0 fully saturated rings. The van der Waals surface area contributed by atoms with Crippen LogP contribution >= 0.6 is 0 Å². The van der Waals surface area contributed by atoms with E-state index in [4.69, 9.17) is 5.73 Å². The minimum Gasteiger partial charge on any atom is -0.322 e. The van der Waals surface area contributed by atoms with Crippen LogP contribution < -0.4 is 5.73 Å². The van der Waals surface area contributed by atoms with Crippen molar-refractivity contribution in [3.63, 3.8) is 0 Å². The normalized spacial score (nSPS) is 17.1. The quantitative estimate of drug-likeness (QED) is 0.739. The highest BCUT2D eigenvalue weighted by atomic mass is 19.1. The summed E-state index contributed by atoms with van der Waals surface area (Å²) in [5.41, 5.74) is 9.32. The summed E-state index contributed by atoms with van der Waals surface area (Å²) in [6.45, 7) is -0.473. The van der Waals surface area contributed by atoms with Gasteiger partial charge in [0.2, 0.25) is 0 Å². The van der Waals surface area contributed by atoms with Gasteiger partial charge in [-0.25, -0.2) is 4.39 Å². The van der Waals surface area contributed by atoms with E-state index in [0.29, 0.717) is 0 Å². The Hall–Kier alpha value is -0.890. The first-order valence-corrected chi connectivity index (χ1v) is 4.74. The number of halogens is 1. The zero-order valence-corrected chi connectivity index (χ0v) is 7.59. The summed E-state index contributed by atoms with van der Waals surface area (Å²) in [6, 6.07) is 5.67. The van der Waals surface area contributed by atoms with E-state index in [0.717, 1.165) is 12.0 Å². The summed E-state index contributed by atoms with van der Waals surface area (Å²) in [7, 11) is 0. The largest absolute Gasteiger partial charge is 0.322 e. The Morgan fingerprint density at radius 3 is 2.85 bits per heavy atom. The average Bonchev–Trinajstić information content (AvgIpc) is 2.63. The van der Waals surface area contributed by atoms with Crippen molar-refractivity contribution in [3.05, 3.63) is 34.9 Å². The molecule has 1 aliphatic carbocycles. The summed E-state index contributed by atoms with van der Waals surface area (Å²) in [4.78, 5) is 0. The molecule has 1 aliphatic rings. The Morgan fingerprint density at radius 1 is 1.31 bits per heavy atom. The van der Waals surface area contributed by atoms with E-state index in [2.05, 4.69) is 12.1 Å².